The quantitative estimate of drug-likeness (QED) is 0.888. The molecule has 0 spiro atoms. The molecule has 1 N–H and O–H groups in total. The van der Waals surface area contributed by atoms with Crippen molar-refractivity contribution < 1.29 is 4.79 Å². The Kier molecular flexibility index (Phi) is 3.74. The van der Waals surface area contributed by atoms with Crippen LogP contribution in [0.1, 0.15) is 22.2 Å². The van der Waals surface area contributed by atoms with Gasteiger partial charge in [0, 0.05) is 6.04 Å². The van der Waals surface area contributed by atoms with Gasteiger partial charge >= 0.3 is 0 Å². The first-order valence-electron chi connectivity index (χ1n) is 5.11. The first kappa shape index (κ1) is 11.4. The Morgan fingerprint density at radius 1 is 1.44 bits per heavy atom. The zero-order chi connectivity index (χ0) is 11.4. The topological polar surface area (TPSA) is 29.1 Å². The lowest BCUT2D eigenvalue weighted by molar-refractivity contribution is 0.0944. The van der Waals surface area contributed by atoms with E-state index in [1.165, 1.54) is 16.9 Å². The van der Waals surface area contributed by atoms with E-state index >= 15 is 0 Å². The Hall–Kier alpha value is -1.13. The molecule has 2 nitrogen and oxygen atoms in total. The van der Waals surface area contributed by atoms with Gasteiger partial charge in [0.25, 0.3) is 5.91 Å². The molecule has 4 heteroatoms. The van der Waals surface area contributed by atoms with Crippen LogP contribution in [0.15, 0.2) is 34.3 Å². The van der Waals surface area contributed by atoms with E-state index < -0.39 is 0 Å². The molecule has 2 aromatic rings. The van der Waals surface area contributed by atoms with Gasteiger partial charge in [-0.2, -0.15) is 11.3 Å². The number of amides is 1. The van der Waals surface area contributed by atoms with Crippen molar-refractivity contribution >= 4 is 28.6 Å². The predicted molar refractivity (Wildman–Crippen MR) is 69.3 cm³/mol. The third-order valence-electron chi connectivity index (χ3n) is 2.24. The van der Waals surface area contributed by atoms with Gasteiger partial charge in [-0.3, -0.25) is 4.79 Å². The molecule has 0 fully saturated rings. The van der Waals surface area contributed by atoms with E-state index in [0.717, 1.165) is 11.3 Å². The van der Waals surface area contributed by atoms with Gasteiger partial charge in [0.05, 0.1) is 4.88 Å². The summed E-state index contributed by atoms with van der Waals surface area (Å²) < 4.78 is 0. The fourth-order valence-electron chi connectivity index (χ4n) is 1.52. The summed E-state index contributed by atoms with van der Waals surface area (Å²) in [6.45, 7) is 2.03. The van der Waals surface area contributed by atoms with Gasteiger partial charge in [-0.1, -0.05) is 6.07 Å². The smallest absolute Gasteiger partial charge is 0.261 e. The zero-order valence-corrected chi connectivity index (χ0v) is 10.6. The molecule has 0 aliphatic heterocycles. The third kappa shape index (κ3) is 2.93. The lowest BCUT2D eigenvalue weighted by Crippen LogP contribution is -2.33. The van der Waals surface area contributed by atoms with E-state index in [-0.39, 0.29) is 11.9 Å². The second kappa shape index (κ2) is 5.27. The van der Waals surface area contributed by atoms with Gasteiger partial charge in [-0.15, -0.1) is 11.3 Å². The van der Waals surface area contributed by atoms with Crippen molar-refractivity contribution in [1.82, 2.24) is 5.32 Å². The molecule has 2 rings (SSSR count). The maximum Gasteiger partial charge on any atom is 0.261 e. The summed E-state index contributed by atoms with van der Waals surface area (Å²) in [5.74, 6) is 0.0257. The van der Waals surface area contributed by atoms with Crippen molar-refractivity contribution in [3.63, 3.8) is 0 Å². The second-order valence-corrected chi connectivity index (χ2v) is 5.42. The van der Waals surface area contributed by atoms with E-state index in [2.05, 4.69) is 22.1 Å². The Bertz CT molecular complexity index is 434. The number of thiophene rings is 2. The second-order valence-electron chi connectivity index (χ2n) is 3.69. The summed E-state index contributed by atoms with van der Waals surface area (Å²) >= 11 is 3.16. The Morgan fingerprint density at radius 3 is 2.94 bits per heavy atom. The zero-order valence-electron chi connectivity index (χ0n) is 8.97. The highest BCUT2D eigenvalue weighted by Gasteiger charge is 2.10. The summed E-state index contributed by atoms with van der Waals surface area (Å²) in [4.78, 5) is 12.5. The van der Waals surface area contributed by atoms with Crippen molar-refractivity contribution in [2.75, 3.05) is 0 Å². The lowest BCUT2D eigenvalue weighted by atomic mass is 10.1. The molecule has 0 bridgehead atoms. The molecule has 16 heavy (non-hydrogen) atoms. The van der Waals surface area contributed by atoms with Gasteiger partial charge < -0.3 is 5.32 Å². The van der Waals surface area contributed by atoms with E-state index in [0.29, 0.717) is 0 Å². The molecule has 2 heterocycles. The summed E-state index contributed by atoms with van der Waals surface area (Å²) in [5, 5.41) is 9.09. The first-order chi connectivity index (χ1) is 7.75. The molecular formula is C12H13NOS2. The summed E-state index contributed by atoms with van der Waals surface area (Å²) in [5.41, 5.74) is 1.28. The van der Waals surface area contributed by atoms with E-state index in [1.54, 1.807) is 11.3 Å². The summed E-state index contributed by atoms with van der Waals surface area (Å²) in [7, 11) is 0. The Morgan fingerprint density at radius 2 is 2.31 bits per heavy atom. The highest BCUT2D eigenvalue weighted by molar-refractivity contribution is 7.12. The molecule has 1 amide bonds. The number of hydrogen-bond donors (Lipinski definition) is 1. The summed E-state index contributed by atoms with van der Waals surface area (Å²) in [6, 6.07) is 6.00. The van der Waals surface area contributed by atoms with Crippen molar-refractivity contribution in [1.29, 1.82) is 0 Å². The highest BCUT2D eigenvalue weighted by atomic mass is 32.1. The Labute approximate surface area is 103 Å². The molecule has 0 aliphatic carbocycles. The van der Waals surface area contributed by atoms with Crippen LogP contribution in [0.2, 0.25) is 0 Å². The molecule has 0 saturated heterocycles. The van der Waals surface area contributed by atoms with Crippen LogP contribution in [0, 0.1) is 0 Å². The standard InChI is InChI=1S/C12H13NOS2/c1-9(7-10-4-6-15-8-10)13-12(14)11-3-2-5-16-11/h2-6,8-9H,7H2,1H3,(H,13,14). The fraction of sp³-hybridized carbons (Fsp3) is 0.250. The van der Waals surface area contributed by atoms with Crippen LogP contribution in [0.4, 0.5) is 0 Å². The minimum atomic E-state index is 0.0257. The van der Waals surface area contributed by atoms with Gasteiger partial charge in [0.2, 0.25) is 0 Å². The lowest BCUT2D eigenvalue weighted by Gasteiger charge is -2.12. The number of hydrogen-bond acceptors (Lipinski definition) is 3. The van der Waals surface area contributed by atoms with Crippen molar-refractivity contribution in [2.24, 2.45) is 0 Å². The highest BCUT2D eigenvalue weighted by Crippen LogP contribution is 2.11. The maximum absolute atomic E-state index is 11.7. The van der Waals surface area contributed by atoms with Gasteiger partial charge in [0.1, 0.15) is 0 Å². The van der Waals surface area contributed by atoms with E-state index in [1.807, 2.05) is 24.4 Å². The minimum absolute atomic E-state index is 0.0257. The van der Waals surface area contributed by atoms with Crippen LogP contribution < -0.4 is 5.32 Å². The van der Waals surface area contributed by atoms with Crippen LogP contribution in [0.5, 0.6) is 0 Å². The van der Waals surface area contributed by atoms with E-state index in [4.69, 9.17) is 0 Å². The number of rotatable bonds is 4. The van der Waals surface area contributed by atoms with Gasteiger partial charge in [-0.05, 0) is 47.2 Å². The average Bonchev–Trinajstić information content (AvgIpc) is 2.88. The van der Waals surface area contributed by atoms with Crippen molar-refractivity contribution in [3.8, 4) is 0 Å². The van der Waals surface area contributed by atoms with Crippen molar-refractivity contribution in [2.45, 2.75) is 19.4 Å². The van der Waals surface area contributed by atoms with Crippen molar-refractivity contribution in [3.05, 3.63) is 44.8 Å². The predicted octanol–water partition coefficient (Wildman–Crippen LogP) is 3.17. The van der Waals surface area contributed by atoms with Crippen LogP contribution in [-0.2, 0) is 6.42 Å². The molecule has 0 saturated carbocycles. The van der Waals surface area contributed by atoms with Crippen LogP contribution in [-0.4, -0.2) is 11.9 Å². The molecule has 1 unspecified atom stereocenters. The SMILES string of the molecule is CC(Cc1ccsc1)NC(=O)c1cccs1. The molecule has 84 valence electrons. The van der Waals surface area contributed by atoms with Crippen LogP contribution in [0.25, 0.3) is 0 Å². The molecule has 0 radical (unpaired) electrons. The van der Waals surface area contributed by atoms with Crippen LogP contribution in [0.3, 0.4) is 0 Å². The Balaban J connectivity index is 1.88. The molecule has 0 aromatic carbocycles. The normalized spacial score (nSPS) is 12.3. The molecule has 2 aromatic heterocycles. The van der Waals surface area contributed by atoms with Gasteiger partial charge in [0.15, 0.2) is 0 Å². The van der Waals surface area contributed by atoms with Crippen LogP contribution >= 0.6 is 22.7 Å². The first-order valence-corrected chi connectivity index (χ1v) is 6.93. The molecular weight excluding hydrogens is 238 g/mol. The average molecular weight is 251 g/mol. The monoisotopic (exact) mass is 251 g/mol. The van der Waals surface area contributed by atoms with Gasteiger partial charge in [-0.25, -0.2) is 0 Å². The fourth-order valence-corrected chi connectivity index (χ4v) is 2.82. The maximum atomic E-state index is 11.7. The number of carbonyl (C=O) groups is 1. The third-order valence-corrected chi connectivity index (χ3v) is 3.85. The largest absolute Gasteiger partial charge is 0.349 e. The number of carbonyl (C=O) groups excluding carboxylic acids is 1. The molecule has 0 aliphatic rings. The summed E-state index contributed by atoms with van der Waals surface area (Å²) in [6.07, 6.45) is 0.889. The van der Waals surface area contributed by atoms with E-state index in [9.17, 15) is 4.79 Å². The minimum Gasteiger partial charge on any atom is -0.349 e. The molecule has 1 atom stereocenters. The number of nitrogens with one attached hydrogen (secondary N) is 1.